The summed E-state index contributed by atoms with van der Waals surface area (Å²) in [5, 5.41) is 19.5. The highest BCUT2D eigenvalue weighted by Gasteiger charge is 2.44. The molecule has 0 spiro atoms. The summed E-state index contributed by atoms with van der Waals surface area (Å²) in [6, 6.07) is 18.3. The Morgan fingerprint density at radius 3 is 2.46 bits per heavy atom. The van der Waals surface area contributed by atoms with Gasteiger partial charge in [0.2, 0.25) is 17.7 Å². The minimum atomic E-state index is -0.710. The molecule has 0 saturated carbocycles. The molecule has 5 aliphatic rings. The number of carbonyl (C=O) groups is 5. The van der Waals surface area contributed by atoms with Gasteiger partial charge in [-0.25, -0.2) is 0 Å². The van der Waals surface area contributed by atoms with Crippen molar-refractivity contribution in [1.29, 1.82) is 0 Å². The van der Waals surface area contributed by atoms with Crippen LogP contribution in [0.1, 0.15) is 106 Å². The molecule has 5 amide bonds. The van der Waals surface area contributed by atoms with E-state index in [-0.39, 0.29) is 67.6 Å². The number of amides is 5. The fraction of sp³-hybridized carbons (Fsp3) is 0.473. The zero-order valence-electron chi connectivity index (χ0n) is 41.7. The third-order valence-corrected chi connectivity index (χ3v) is 14.0. The van der Waals surface area contributed by atoms with Crippen molar-refractivity contribution in [3.05, 3.63) is 119 Å². The molecular weight excluding hydrogens is 915 g/mol. The molecule has 17 heteroatoms. The SMILES string of the molecule is CC[C@@H]1C=C(c2ccncc2)NC(C2(Nc3cccc(C(=O)N[C@H](C)c4ccc(OCCCCCOCCCOCC(=O)NC5C6=C(C=CC5C)C(=O)N(C5CCC(=O)NC5=O)C6)cc4)c3)CCNCC2)=N1. The molecule has 2 saturated heterocycles. The number of hydrogen-bond acceptors (Lipinski definition) is 13. The monoisotopic (exact) mass is 984 g/mol. The molecule has 8 rings (SSSR count). The Balaban J connectivity index is 0.691. The van der Waals surface area contributed by atoms with E-state index in [0.29, 0.717) is 44.0 Å². The average molecular weight is 984 g/mol. The van der Waals surface area contributed by atoms with Gasteiger partial charge in [-0.2, -0.15) is 0 Å². The standard InChI is InChI=1S/C55H69N9O8/c1-4-41-33-46(39-20-24-56-25-21-39)60-54(59-41)55(22-26-57-27-23-55)63-42-11-8-10-40(32-42)51(67)58-37(3)38-13-15-43(16-14-38)72-31-7-5-6-28-70-29-9-30-71-35-49(66)61-50-36(2)12-17-44-45(50)34-64(53(44)69)47-18-19-48(65)62-52(47)68/h8,10-17,20-21,24-25,32-33,36-37,41,47,50,57,63H,4-7,9,18-19,22-23,26-31,34-35H2,1-3H3,(H,58,67)(H,59,60)(H,61,66)(H,62,65,68)/t36?,37-,41-,47?,50?/m1/s1. The second kappa shape index (κ2) is 24.6. The number of hydrogen-bond donors (Lipinski definition) is 6. The number of aliphatic imine (C=N–C) groups is 1. The van der Waals surface area contributed by atoms with Gasteiger partial charge in [-0.1, -0.05) is 44.2 Å². The fourth-order valence-corrected chi connectivity index (χ4v) is 9.88. The maximum absolute atomic E-state index is 13.6. The quantitative estimate of drug-likeness (QED) is 0.0511. The summed E-state index contributed by atoms with van der Waals surface area (Å²) >= 11 is 0. The van der Waals surface area contributed by atoms with Crippen molar-refractivity contribution in [2.75, 3.05) is 58.0 Å². The lowest BCUT2D eigenvalue weighted by atomic mass is 9.85. The Morgan fingerprint density at radius 2 is 1.68 bits per heavy atom. The second-order valence-electron chi connectivity index (χ2n) is 19.2. The third-order valence-electron chi connectivity index (χ3n) is 14.0. The first kappa shape index (κ1) is 51.7. The molecule has 17 nitrogen and oxygen atoms in total. The van der Waals surface area contributed by atoms with Gasteiger partial charge in [0.25, 0.3) is 11.8 Å². The van der Waals surface area contributed by atoms with Crippen LogP contribution in [0.5, 0.6) is 5.75 Å². The topological polar surface area (TPSA) is 214 Å². The molecule has 5 atom stereocenters. The summed E-state index contributed by atoms with van der Waals surface area (Å²) in [5.74, 6) is 0.146. The van der Waals surface area contributed by atoms with Gasteiger partial charge >= 0.3 is 0 Å². The van der Waals surface area contributed by atoms with E-state index in [1.165, 1.54) is 4.90 Å². The molecule has 2 aromatic carbocycles. The maximum atomic E-state index is 13.6. The Hall–Kier alpha value is -6.69. The second-order valence-corrected chi connectivity index (χ2v) is 19.2. The Morgan fingerprint density at radius 1 is 0.917 bits per heavy atom. The van der Waals surface area contributed by atoms with E-state index in [4.69, 9.17) is 19.2 Å². The van der Waals surface area contributed by atoms with Crippen LogP contribution in [0, 0.1) is 5.92 Å². The number of nitrogens with one attached hydrogen (secondary N) is 6. The lowest BCUT2D eigenvalue weighted by Gasteiger charge is -2.42. The van der Waals surface area contributed by atoms with Crippen LogP contribution in [0.2, 0.25) is 0 Å². The van der Waals surface area contributed by atoms with Crippen LogP contribution >= 0.6 is 0 Å². The van der Waals surface area contributed by atoms with Crippen LogP contribution in [0.3, 0.4) is 0 Å². The van der Waals surface area contributed by atoms with Crippen LogP contribution < -0.4 is 36.6 Å². The van der Waals surface area contributed by atoms with Crippen molar-refractivity contribution in [2.24, 2.45) is 10.9 Å². The number of anilines is 1. The first-order valence-electron chi connectivity index (χ1n) is 25.6. The van der Waals surface area contributed by atoms with Crippen molar-refractivity contribution < 1.29 is 38.2 Å². The summed E-state index contributed by atoms with van der Waals surface area (Å²) in [6.45, 7) is 9.99. The van der Waals surface area contributed by atoms with Gasteiger partial charge in [-0.3, -0.25) is 39.3 Å². The Bertz CT molecular complexity index is 2540. The zero-order chi connectivity index (χ0) is 50.5. The molecule has 6 N–H and O–H groups in total. The number of benzene rings is 2. The van der Waals surface area contributed by atoms with E-state index in [2.05, 4.69) is 49.9 Å². The molecule has 382 valence electrons. The van der Waals surface area contributed by atoms with Gasteiger partial charge in [0.15, 0.2) is 0 Å². The summed E-state index contributed by atoms with van der Waals surface area (Å²) in [5.41, 5.74) is 5.34. The molecule has 3 unspecified atom stereocenters. The first-order valence-corrected chi connectivity index (χ1v) is 25.6. The largest absolute Gasteiger partial charge is 0.494 e. The smallest absolute Gasteiger partial charge is 0.254 e. The van der Waals surface area contributed by atoms with Crippen LogP contribution in [0.4, 0.5) is 5.69 Å². The van der Waals surface area contributed by atoms with Crippen molar-refractivity contribution in [2.45, 2.75) is 108 Å². The van der Waals surface area contributed by atoms with E-state index < -0.39 is 23.5 Å². The van der Waals surface area contributed by atoms with E-state index in [9.17, 15) is 24.0 Å². The van der Waals surface area contributed by atoms with Gasteiger partial charge in [0, 0.05) is 73.3 Å². The lowest BCUT2D eigenvalue weighted by Crippen LogP contribution is -2.58. The number of amidine groups is 1. The summed E-state index contributed by atoms with van der Waals surface area (Å²) < 4.78 is 17.4. The van der Waals surface area contributed by atoms with E-state index in [1.807, 2.05) is 80.6 Å². The van der Waals surface area contributed by atoms with Crippen LogP contribution in [-0.2, 0) is 28.7 Å². The number of pyridine rings is 1. The van der Waals surface area contributed by atoms with Crippen LogP contribution in [0.15, 0.2) is 107 Å². The molecule has 4 aliphatic heterocycles. The predicted molar refractivity (Wildman–Crippen MR) is 275 cm³/mol. The number of carbonyl (C=O) groups excluding carboxylic acids is 5. The van der Waals surface area contributed by atoms with Crippen molar-refractivity contribution in [1.82, 2.24) is 36.5 Å². The molecule has 3 aromatic rings. The lowest BCUT2D eigenvalue weighted by molar-refractivity contribution is -0.142. The average Bonchev–Trinajstić information content (AvgIpc) is 3.73. The van der Waals surface area contributed by atoms with E-state index >= 15 is 0 Å². The molecule has 72 heavy (non-hydrogen) atoms. The number of rotatable bonds is 23. The molecule has 1 aliphatic carbocycles. The van der Waals surface area contributed by atoms with Gasteiger partial charge in [-0.05, 0) is 137 Å². The molecule has 0 bridgehead atoms. The van der Waals surface area contributed by atoms with E-state index in [1.54, 1.807) is 18.5 Å². The first-order chi connectivity index (χ1) is 35.0. The van der Waals surface area contributed by atoms with Gasteiger partial charge in [-0.15, -0.1) is 0 Å². The number of ether oxygens (including phenoxy) is 3. The number of piperidine rings is 2. The van der Waals surface area contributed by atoms with E-state index in [0.717, 1.165) is 91.3 Å². The minimum Gasteiger partial charge on any atom is -0.494 e. The molecule has 5 heterocycles. The molecular formula is C55H69N9O8. The number of nitrogens with zero attached hydrogens (tertiary/aromatic N) is 3. The number of unbranched alkanes of at least 4 members (excludes halogenated alkanes) is 2. The molecule has 0 radical (unpaired) electrons. The number of aromatic nitrogens is 1. The minimum absolute atomic E-state index is 0.0494. The van der Waals surface area contributed by atoms with Gasteiger partial charge < -0.3 is 45.7 Å². The zero-order valence-corrected chi connectivity index (χ0v) is 41.7. The fourth-order valence-electron chi connectivity index (χ4n) is 9.88. The number of imide groups is 1. The highest BCUT2D eigenvalue weighted by molar-refractivity contribution is 6.06. The summed E-state index contributed by atoms with van der Waals surface area (Å²) in [4.78, 5) is 74.7. The summed E-state index contributed by atoms with van der Waals surface area (Å²) in [7, 11) is 0. The third kappa shape index (κ3) is 13.0. The van der Waals surface area contributed by atoms with Crippen molar-refractivity contribution in [3.63, 3.8) is 0 Å². The Kier molecular flexibility index (Phi) is 17.7. The Labute approximate surface area is 422 Å². The highest BCUT2D eigenvalue weighted by Crippen LogP contribution is 2.34. The van der Waals surface area contributed by atoms with Crippen LogP contribution in [0.25, 0.3) is 5.70 Å². The maximum Gasteiger partial charge on any atom is 0.254 e. The van der Waals surface area contributed by atoms with Crippen LogP contribution in [-0.4, -0.2) is 122 Å². The van der Waals surface area contributed by atoms with Gasteiger partial charge in [0.1, 0.15) is 24.2 Å². The summed E-state index contributed by atoms with van der Waals surface area (Å²) in [6.07, 6.45) is 15.8. The molecule has 2 fully saturated rings. The van der Waals surface area contributed by atoms with Gasteiger partial charge in [0.05, 0.1) is 30.3 Å². The predicted octanol–water partition coefficient (Wildman–Crippen LogP) is 5.54. The van der Waals surface area contributed by atoms with Crippen molar-refractivity contribution in [3.8, 4) is 5.75 Å². The highest BCUT2D eigenvalue weighted by atomic mass is 16.5. The molecule has 1 aromatic heterocycles. The van der Waals surface area contributed by atoms with Crippen molar-refractivity contribution >= 4 is 46.8 Å². The normalized spacial score (nSPS) is 22.0.